The Balaban J connectivity index is 1.47. The number of fused-ring (bicyclic) bond motifs is 2. The highest BCUT2D eigenvalue weighted by molar-refractivity contribution is 7.99. The van der Waals surface area contributed by atoms with Gasteiger partial charge in [-0.3, -0.25) is 4.79 Å². The summed E-state index contributed by atoms with van der Waals surface area (Å²) in [5.41, 5.74) is 2.41. The monoisotopic (exact) mass is 366 g/mol. The first-order valence-corrected chi connectivity index (χ1v) is 10.5. The normalized spacial score (nSPS) is 21.7. The molecule has 4 heteroatoms. The molecule has 2 aliphatic rings. The molecule has 0 aromatic heterocycles. The summed E-state index contributed by atoms with van der Waals surface area (Å²) >= 11 is 1.81. The summed E-state index contributed by atoms with van der Waals surface area (Å²) in [5, 5.41) is 3.29. The van der Waals surface area contributed by atoms with Crippen LogP contribution in [-0.4, -0.2) is 18.5 Å². The van der Waals surface area contributed by atoms with Crippen LogP contribution in [0.15, 0.2) is 58.3 Å². The number of nitrogens with zero attached hydrogens (tertiary/aromatic N) is 1. The fourth-order valence-electron chi connectivity index (χ4n) is 4.05. The molecule has 26 heavy (non-hydrogen) atoms. The number of hydrogen-bond acceptors (Lipinski definition) is 3. The van der Waals surface area contributed by atoms with E-state index in [4.69, 9.17) is 0 Å². The summed E-state index contributed by atoms with van der Waals surface area (Å²) in [5.74, 6) is 0.775. The second-order valence-electron chi connectivity index (χ2n) is 7.37. The number of hydrogen-bond donors (Lipinski definition) is 1. The second kappa shape index (κ2) is 7.75. The lowest BCUT2D eigenvalue weighted by Crippen LogP contribution is -2.42. The minimum absolute atomic E-state index is 0.178. The third kappa shape index (κ3) is 3.61. The predicted molar refractivity (Wildman–Crippen MR) is 108 cm³/mol. The van der Waals surface area contributed by atoms with Crippen molar-refractivity contribution in [2.24, 2.45) is 5.92 Å². The number of amides is 1. The van der Waals surface area contributed by atoms with E-state index in [2.05, 4.69) is 65.7 Å². The molecule has 2 aromatic rings. The number of carbonyl (C=O) groups is 1. The van der Waals surface area contributed by atoms with Crippen LogP contribution in [0.5, 0.6) is 0 Å². The maximum atomic E-state index is 12.6. The van der Waals surface area contributed by atoms with Crippen molar-refractivity contribution < 1.29 is 4.79 Å². The van der Waals surface area contributed by atoms with Crippen molar-refractivity contribution in [3.05, 3.63) is 48.5 Å². The van der Waals surface area contributed by atoms with E-state index in [9.17, 15) is 4.79 Å². The van der Waals surface area contributed by atoms with Crippen molar-refractivity contribution >= 4 is 29.0 Å². The van der Waals surface area contributed by atoms with Gasteiger partial charge in [-0.25, -0.2) is 0 Å². The quantitative estimate of drug-likeness (QED) is 0.789. The third-order valence-corrected chi connectivity index (χ3v) is 6.68. The summed E-state index contributed by atoms with van der Waals surface area (Å²) in [4.78, 5) is 17.4. The molecule has 0 spiro atoms. The molecule has 0 radical (unpaired) electrons. The minimum atomic E-state index is 0.178. The number of rotatable bonds is 4. The van der Waals surface area contributed by atoms with Crippen LogP contribution in [0.4, 0.5) is 11.4 Å². The average molecular weight is 367 g/mol. The van der Waals surface area contributed by atoms with Crippen molar-refractivity contribution in [3.63, 3.8) is 0 Å². The van der Waals surface area contributed by atoms with Gasteiger partial charge in [-0.2, -0.15) is 0 Å². The number of anilines is 2. The fourth-order valence-corrected chi connectivity index (χ4v) is 5.14. The van der Waals surface area contributed by atoms with Crippen LogP contribution in [0.25, 0.3) is 0 Å². The van der Waals surface area contributed by atoms with Gasteiger partial charge in [0.25, 0.3) is 0 Å². The topological polar surface area (TPSA) is 32.3 Å². The zero-order valence-electron chi connectivity index (χ0n) is 15.3. The molecule has 4 rings (SSSR count). The van der Waals surface area contributed by atoms with E-state index in [1.807, 2.05) is 11.8 Å². The molecule has 1 aliphatic heterocycles. The van der Waals surface area contributed by atoms with Crippen LogP contribution >= 0.6 is 11.8 Å². The smallest absolute Gasteiger partial charge is 0.222 e. The lowest BCUT2D eigenvalue weighted by molar-refractivity contribution is -0.122. The molecular formula is C22H26N2OS. The molecule has 136 valence electrons. The highest BCUT2D eigenvalue weighted by atomic mass is 32.2. The SMILES string of the molecule is C[C@@H]1CCCC[C@@H]1NC(=O)CCN1c2ccccc2Sc2ccccc21. The van der Waals surface area contributed by atoms with E-state index in [-0.39, 0.29) is 5.91 Å². The molecule has 2 atom stereocenters. The molecule has 0 bridgehead atoms. The van der Waals surface area contributed by atoms with Crippen molar-refractivity contribution in [2.45, 2.75) is 54.9 Å². The Morgan fingerprint density at radius 1 is 1.04 bits per heavy atom. The standard InChI is InChI=1S/C22H26N2OS/c1-16-8-2-3-9-17(16)23-22(25)14-15-24-18-10-4-6-12-20(18)26-21-13-7-5-11-19(21)24/h4-7,10-13,16-17H,2-3,8-9,14-15H2,1H3,(H,23,25)/t16-,17+/m1/s1. The highest BCUT2D eigenvalue weighted by Crippen LogP contribution is 2.47. The Bertz CT molecular complexity index is 746. The first-order valence-electron chi connectivity index (χ1n) is 9.65. The van der Waals surface area contributed by atoms with Gasteiger partial charge >= 0.3 is 0 Å². The summed E-state index contributed by atoms with van der Waals surface area (Å²) in [6.45, 7) is 2.97. The Labute approximate surface area is 160 Å². The van der Waals surface area contributed by atoms with Crippen molar-refractivity contribution in [3.8, 4) is 0 Å². The fraction of sp³-hybridized carbons (Fsp3) is 0.409. The Kier molecular flexibility index (Phi) is 5.21. The van der Waals surface area contributed by atoms with E-state index < -0.39 is 0 Å². The second-order valence-corrected chi connectivity index (χ2v) is 8.46. The van der Waals surface area contributed by atoms with Crippen molar-refractivity contribution in [2.75, 3.05) is 11.4 Å². The number of benzene rings is 2. The average Bonchev–Trinajstić information content (AvgIpc) is 2.67. The van der Waals surface area contributed by atoms with Crippen LogP contribution in [0.2, 0.25) is 0 Å². The predicted octanol–water partition coefficient (Wildman–Crippen LogP) is 5.37. The number of nitrogens with one attached hydrogen (secondary N) is 1. The van der Waals surface area contributed by atoms with Crippen LogP contribution in [0.1, 0.15) is 39.0 Å². The van der Waals surface area contributed by atoms with Gasteiger partial charge < -0.3 is 10.2 Å². The molecule has 0 saturated heterocycles. The largest absolute Gasteiger partial charge is 0.353 e. The van der Waals surface area contributed by atoms with E-state index in [0.29, 0.717) is 24.9 Å². The van der Waals surface area contributed by atoms with Crippen LogP contribution in [0.3, 0.4) is 0 Å². The third-order valence-electron chi connectivity index (χ3n) is 5.55. The lowest BCUT2D eigenvalue weighted by Gasteiger charge is -2.33. The van der Waals surface area contributed by atoms with Gasteiger partial charge in [0.2, 0.25) is 5.91 Å². The maximum absolute atomic E-state index is 12.6. The molecule has 1 fully saturated rings. The summed E-state index contributed by atoms with van der Waals surface area (Å²) < 4.78 is 0. The van der Waals surface area contributed by atoms with Crippen LogP contribution in [0, 0.1) is 5.92 Å². The minimum Gasteiger partial charge on any atom is -0.353 e. The lowest BCUT2D eigenvalue weighted by atomic mass is 9.86. The van der Waals surface area contributed by atoms with Crippen LogP contribution in [-0.2, 0) is 4.79 Å². The molecule has 1 aliphatic carbocycles. The van der Waals surface area contributed by atoms with E-state index >= 15 is 0 Å². The highest BCUT2D eigenvalue weighted by Gasteiger charge is 2.25. The van der Waals surface area contributed by atoms with Gasteiger partial charge in [0.1, 0.15) is 0 Å². The van der Waals surface area contributed by atoms with Gasteiger partial charge in [-0.05, 0) is 43.0 Å². The summed E-state index contributed by atoms with van der Waals surface area (Å²) in [7, 11) is 0. The van der Waals surface area contributed by atoms with Gasteiger partial charge in [-0.1, -0.05) is 55.8 Å². The summed E-state index contributed by atoms with van der Waals surface area (Å²) in [6.07, 6.45) is 5.41. The zero-order valence-corrected chi connectivity index (χ0v) is 16.1. The molecule has 1 N–H and O–H groups in total. The van der Waals surface area contributed by atoms with Crippen molar-refractivity contribution in [1.29, 1.82) is 0 Å². The molecular weight excluding hydrogens is 340 g/mol. The molecule has 0 unspecified atom stereocenters. The Hall–Kier alpha value is -1.94. The zero-order chi connectivity index (χ0) is 17.9. The summed E-state index contributed by atoms with van der Waals surface area (Å²) in [6, 6.07) is 17.3. The van der Waals surface area contributed by atoms with E-state index in [0.717, 1.165) is 6.42 Å². The molecule has 2 aromatic carbocycles. The molecule has 1 heterocycles. The Morgan fingerprint density at radius 3 is 2.31 bits per heavy atom. The van der Waals surface area contributed by atoms with Gasteiger partial charge in [0, 0.05) is 28.8 Å². The first kappa shape index (κ1) is 17.5. The van der Waals surface area contributed by atoms with Crippen LogP contribution < -0.4 is 10.2 Å². The Morgan fingerprint density at radius 2 is 1.65 bits per heavy atom. The van der Waals surface area contributed by atoms with Gasteiger partial charge in [0.05, 0.1) is 11.4 Å². The van der Waals surface area contributed by atoms with Gasteiger partial charge in [-0.15, -0.1) is 0 Å². The number of carbonyl (C=O) groups excluding carboxylic acids is 1. The first-order chi connectivity index (χ1) is 12.7. The molecule has 1 saturated carbocycles. The van der Waals surface area contributed by atoms with E-state index in [1.54, 1.807) is 0 Å². The molecule has 1 amide bonds. The van der Waals surface area contributed by atoms with Gasteiger partial charge in [0.15, 0.2) is 0 Å². The van der Waals surface area contributed by atoms with Crippen molar-refractivity contribution in [1.82, 2.24) is 5.32 Å². The number of para-hydroxylation sites is 2. The van der Waals surface area contributed by atoms with E-state index in [1.165, 1.54) is 40.4 Å². The maximum Gasteiger partial charge on any atom is 0.222 e. The molecule has 3 nitrogen and oxygen atoms in total.